The molecular formula is C19H15N3O4. The fraction of sp³-hybridized carbons (Fsp3) is 0.105. The number of aromatic nitrogens is 2. The van der Waals surface area contributed by atoms with Crippen LogP contribution in [0, 0.1) is 13.8 Å². The lowest BCUT2D eigenvalue weighted by Crippen LogP contribution is -2.11. The molecule has 0 radical (unpaired) electrons. The van der Waals surface area contributed by atoms with Gasteiger partial charge in [0.1, 0.15) is 11.3 Å². The number of anilines is 1. The van der Waals surface area contributed by atoms with Gasteiger partial charge in [-0.15, -0.1) is 0 Å². The summed E-state index contributed by atoms with van der Waals surface area (Å²) in [5.41, 5.74) is 2.61. The van der Waals surface area contributed by atoms with Crippen LogP contribution in [-0.4, -0.2) is 16.0 Å². The number of amides is 1. The van der Waals surface area contributed by atoms with E-state index in [1.165, 1.54) is 12.5 Å². The van der Waals surface area contributed by atoms with E-state index in [2.05, 4.69) is 15.5 Å². The molecule has 0 bridgehead atoms. The number of carbonyl (C=O) groups excluding carboxylic acids is 1. The minimum absolute atomic E-state index is 0.287. The molecule has 4 rings (SSSR count). The molecule has 4 aromatic rings. The van der Waals surface area contributed by atoms with Crippen LogP contribution in [0.25, 0.3) is 23.0 Å². The molecule has 0 atom stereocenters. The van der Waals surface area contributed by atoms with Crippen molar-refractivity contribution in [2.24, 2.45) is 0 Å². The van der Waals surface area contributed by atoms with E-state index in [9.17, 15) is 4.79 Å². The summed E-state index contributed by atoms with van der Waals surface area (Å²) in [7, 11) is 0. The van der Waals surface area contributed by atoms with E-state index in [0.717, 1.165) is 17.0 Å². The van der Waals surface area contributed by atoms with Crippen molar-refractivity contribution in [1.82, 2.24) is 10.1 Å². The van der Waals surface area contributed by atoms with Crippen molar-refractivity contribution < 1.29 is 18.2 Å². The Bertz CT molecular complexity index is 1020. The highest BCUT2D eigenvalue weighted by atomic mass is 16.5. The number of nitrogens with zero attached hydrogens (tertiary/aromatic N) is 2. The van der Waals surface area contributed by atoms with Gasteiger partial charge in [-0.3, -0.25) is 4.79 Å². The third kappa shape index (κ3) is 2.90. The van der Waals surface area contributed by atoms with Crippen LogP contribution in [0.5, 0.6) is 0 Å². The van der Waals surface area contributed by atoms with Gasteiger partial charge in [0.15, 0.2) is 5.76 Å². The monoisotopic (exact) mass is 349 g/mol. The third-order valence-electron chi connectivity index (χ3n) is 3.98. The molecule has 0 aliphatic carbocycles. The Hall–Kier alpha value is -3.61. The lowest BCUT2D eigenvalue weighted by molar-refractivity contribution is 0.102. The zero-order valence-electron chi connectivity index (χ0n) is 14.1. The SMILES string of the molecule is Cc1nc(-c2ccc(NC(=O)c3cnoc3-c3ccco3)cc2)oc1C. The van der Waals surface area contributed by atoms with Crippen molar-refractivity contribution in [2.45, 2.75) is 13.8 Å². The Kier molecular flexibility index (Phi) is 3.89. The number of hydrogen-bond acceptors (Lipinski definition) is 6. The molecule has 0 spiro atoms. The van der Waals surface area contributed by atoms with Gasteiger partial charge in [-0.2, -0.15) is 0 Å². The van der Waals surface area contributed by atoms with Gasteiger partial charge in [0.25, 0.3) is 5.91 Å². The zero-order valence-corrected chi connectivity index (χ0v) is 14.1. The predicted octanol–water partition coefficient (Wildman–Crippen LogP) is 4.46. The van der Waals surface area contributed by atoms with Gasteiger partial charge in [0, 0.05) is 11.3 Å². The molecule has 0 saturated heterocycles. The second-order valence-electron chi connectivity index (χ2n) is 5.74. The molecule has 0 saturated carbocycles. The van der Waals surface area contributed by atoms with Crippen LogP contribution in [0.15, 0.2) is 62.2 Å². The van der Waals surface area contributed by atoms with Gasteiger partial charge < -0.3 is 18.7 Å². The largest absolute Gasteiger partial charge is 0.461 e. The van der Waals surface area contributed by atoms with E-state index in [1.54, 1.807) is 24.3 Å². The van der Waals surface area contributed by atoms with E-state index in [4.69, 9.17) is 13.4 Å². The highest BCUT2D eigenvalue weighted by Crippen LogP contribution is 2.26. The first-order chi connectivity index (χ1) is 12.6. The number of benzene rings is 1. The number of oxazole rings is 1. The van der Waals surface area contributed by atoms with Crippen LogP contribution >= 0.6 is 0 Å². The molecule has 1 aromatic carbocycles. The maximum absolute atomic E-state index is 12.5. The summed E-state index contributed by atoms with van der Waals surface area (Å²) in [5.74, 6) is 1.73. The average molecular weight is 349 g/mol. The summed E-state index contributed by atoms with van der Waals surface area (Å²) in [6.45, 7) is 3.77. The van der Waals surface area contributed by atoms with Gasteiger partial charge in [0.2, 0.25) is 11.7 Å². The van der Waals surface area contributed by atoms with E-state index in [-0.39, 0.29) is 11.7 Å². The van der Waals surface area contributed by atoms with Gasteiger partial charge in [-0.25, -0.2) is 4.98 Å². The molecule has 0 aliphatic rings. The van der Waals surface area contributed by atoms with Gasteiger partial charge in [-0.1, -0.05) is 5.16 Å². The predicted molar refractivity (Wildman–Crippen MR) is 93.6 cm³/mol. The maximum Gasteiger partial charge on any atom is 0.261 e. The first-order valence-electron chi connectivity index (χ1n) is 7.96. The summed E-state index contributed by atoms with van der Waals surface area (Å²) in [4.78, 5) is 16.9. The minimum atomic E-state index is -0.340. The number of nitrogens with one attached hydrogen (secondary N) is 1. The number of hydrogen-bond donors (Lipinski definition) is 1. The Morgan fingerprint density at radius 1 is 1.12 bits per heavy atom. The van der Waals surface area contributed by atoms with Crippen LogP contribution in [0.4, 0.5) is 5.69 Å². The van der Waals surface area contributed by atoms with Crippen LogP contribution in [0.2, 0.25) is 0 Å². The van der Waals surface area contributed by atoms with Gasteiger partial charge in [0.05, 0.1) is 18.2 Å². The summed E-state index contributed by atoms with van der Waals surface area (Å²) in [6, 6.07) is 10.6. The fourth-order valence-corrected chi connectivity index (χ4v) is 2.48. The molecule has 0 unspecified atom stereocenters. The van der Waals surface area contributed by atoms with Crippen LogP contribution < -0.4 is 5.32 Å². The highest BCUT2D eigenvalue weighted by molar-refractivity contribution is 6.07. The molecule has 7 heteroatoms. The Balaban J connectivity index is 1.53. The first kappa shape index (κ1) is 15.9. The van der Waals surface area contributed by atoms with Crippen LogP contribution in [0.3, 0.4) is 0 Å². The molecule has 3 heterocycles. The number of rotatable bonds is 4. The second kappa shape index (κ2) is 6.36. The molecule has 0 aliphatic heterocycles. The van der Waals surface area contributed by atoms with Crippen molar-refractivity contribution in [3.8, 4) is 23.0 Å². The van der Waals surface area contributed by atoms with Gasteiger partial charge in [-0.05, 0) is 50.2 Å². The number of aryl methyl sites for hydroxylation is 2. The molecule has 3 aromatic heterocycles. The Morgan fingerprint density at radius 2 is 1.92 bits per heavy atom. The topological polar surface area (TPSA) is 94.3 Å². The summed E-state index contributed by atoms with van der Waals surface area (Å²) in [6.07, 6.45) is 2.87. The Labute approximate surface area is 148 Å². The van der Waals surface area contributed by atoms with Crippen molar-refractivity contribution in [2.75, 3.05) is 5.32 Å². The third-order valence-corrected chi connectivity index (χ3v) is 3.98. The van der Waals surface area contributed by atoms with Crippen molar-refractivity contribution in [1.29, 1.82) is 0 Å². The average Bonchev–Trinajstić information content (AvgIpc) is 3.37. The summed E-state index contributed by atoms with van der Waals surface area (Å²) >= 11 is 0. The molecule has 26 heavy (non-hydrogen) atoms. The molecule has 130 valence electrons. The molecule has 1 N–H and O–H groups in total. The second-order valence-corrected chi connectivity index (χ2v) is 5.74. The molecule has 0 fully saturated rings. The quantitative estimate of drug-likeness (QED) is 0.584. The lowest BCUT2D eigenvalue weighted by Gasteiger charge is -2.05. The van der Waals surface area contributed by atoms with Crippen molar-refractivity contribution in [3.05, 3.63) is 65.9 Å². The Morgan fingerprint density at radius 3 is 2.58 bits per heavy atom. The van der Waals surface area contributed by atoms with E-state index < -0.39 is 0 Å². The number of furan rings is 1. The summed E-state index contributed by atoms with van der Waals surface area (Å²) < 4.78 is 16.0. The number of carbonyl (C=O) groups is 1. The minimum Gasteiger partial charge on any atom is -0.461 e. The molecule has 7 nitrogen and oxygen atoms in total. The standard InChI is InChI=1S/C19H15N3O4/c1-11-12(2)25-19(21-11)13-5-7-14(8-6-13)22-18(23)15-10-20-26-17(15)16-4-3-9-24-16/h3-10H,1-2H3,(H,22,23). The maximum atomic E-state index is 12.5. The molecular weight excluding hydrogens is 334 g/mol. The fourth-order valence-electron chi connectivity index (χ4n) is 2.48. The summed E-state index contributed by atoms with van der Waals surface area (Å²) in [5, 5.41) is 6.50. The molecule has 1 amide bonds. The van der Waals surface area contributed by atoms with E-state index >= 15 is 0 Å². The smallest absolute Gasteiger partial charge is 0.261 e. The van der Waals surface area contributed by atoms with Crippen LogP contribution in [0.1, 0.15) is 21.8 Å². The van der Waals surface area contributed by atoms with Gasteiger partial charge >= 0.3 is 0 Å². The van der Waals surface area contributed by atoms with Crippen molar-refractivity contribution in [3.63, 3.8) is 0 Å². The van der Waals surface area contributed by atoms with E-state index in [0.29, 0.717) is 22.9 Å². The first-order valence-corrected chi connectivity index (χ1v) is 7.96. The van der Waals surface area contributed by atoms with Crippen LogP contribution in [-0.2, 0) is 0 Å². The highest BCUT2D eigenvalue weighted by Gasteiger charge is 2.20. The lowest BCUT2D eigenvalue weighted by atomic mass is 10.2. The van der Waals surface area contributed by atoms with E-state index in [1.807, 2.05) is 26.0 Å². The zero-order chi connectivity index (χ0) is 18.1. The normalized spacial score (nSPS) is 10.8. The van der Waals surface area contributed by atoms with Crippen molar-refractivity contribution >= 4 is 11.6 Å².